The molecule has 4 aromatic heterocycles. The fraction of sp³-hybridized carbons (Fsp3) is 0. The molecule has 1 aliphatic rings. The molecule has 0 amide bonds. The van der Waals surface area contributed by atoms with Crippen LogP contribution in [0.3, 0.4) is 0 Å². The molecule has 0 spiro atoms. The third-order valence-corrected chi connectivity index (χ3v) is 16.1. The standard InChI is InChI=1S/C78H48N6O.Pt/c1-3-23-52(24-4-1)57-36-22-37-58(53-25-5-2-6-26-53)78(57)81-51-80(72-43-19-20-44-73(72)81)54-27-21-28-56(47-54)85-76-50-74-66(49-75(76)83-69-40-16-11-33-63(69)64-34-12-17-41-70(64)83)65-35-13-18-42-71(65)84(74)77-48-55(45-46-79-77)82-67-38-14-9-31-61(67)59-29-7-8-30-60(59)62-32-10-15-39-68(62)82;/h1-46,48-49H;/q-2;/i1D,2D,3D,4D,5D,23D,24D,25D,26D;. The Morgan fingerprint density at radius 1 is 0.430 bits per heavy atom. The van der Waals surface area contributed by atoms with Crippen LogP contribution >= 0.6 is 0 Å². The van der Waals surface area contributed by atoms with Crippen LogP contribution in [0.1, 0.15) is 12.3 Å². The quantitative estimate of drug-likeness (QED) is 0.107. The van der Waals surface area contributed by atoms with Gasteiger partial charge in [-0.2, -0.15) is 12.1 Å². The number of fused-ring (bicyclic) bond motifs is 12. The average Bonchev–Trinajstić information content (AvgIpc) is 1.66. The Balaban J connectivity index is 0.00000712. The zero-order valence-electron chi connectivity index (χ0n) is 54.4. The molecule has 1 aliphatic heterocycles. The molecular weight excluding hydrogens is 1230 g/mol. The third kappa shape index (κ3) is 8.15. The minimum atomic E-state index is -0.560. The molecule has 12 aromatic carbocycles. The molecular formula is C78H48N6OPt-2. The summed E-state index contributed by atoms with van der Waals surface area (Å²) in [5.41, 5.74) is 13.9. The van der Waals surface area contributed by atoms with Crippen molar-refractivity contribution >= 4 is 71.7 Å². The molecule has 5 heterocycles. The Bertz CT molecular complexity index is 5750. The van der Waals surface area contributed by atoms with Gasteiger partial charge in [-0.25, -0.2) is 4.98 Å². The molecule has 86 heavy (non-hydrogen) atoms. The van der Waals surface area contributed by atoms with Gasteiger partial charge in [0.05, 0.1) is 46.1 Å². The SMILES string of the molecule is [2H]c1cc([2H])c(-c2cccc(-c3c([2H])c([2H])c([2H])c([2H])c3[2H])c2-[n+]2[c-]n(-c3[c-]c(Oc4[c-]c5c(cc4-n4c6ccccc6c6ccccc64)c4ccccc4n5-c4cc(N5c6ccccc6-c6ccccc6-c6ccccc65)ccn4)ccc3)c3ccccc32)c([2H])c1[2H].[Pt]. The van der Waals surface area contributed by atoms with Gasteiger partial charge >= 0.3 is 0 Å². The first-order valence-electron chi connectivity index (χ1n) is 32.4. The summed E-state index contributed by atoms with van der Waals surface area (Å²) < 4.78 is 95.0. The summed E-state index contributed by atoms with van der Waals surface area (Å²) in [7, 11) is 0. The van der Waals surface area contributed by atoms with Gasteiger partial charge in [0.15, 0.2) is 0 Å². The summed E-state index contributed by atoms with van der Waals surface area (Å²) in [5.74, 6) is 1.37. The Kier molecular flexibility index (Phi) is 10.2. The number of nitrogens with zero attached hydrogens (tertiary/aromatic N) is 6. The van der Waals surface area contributed by atoms with Crippen LogP contribution in [0, 0.1) is 18.5 Å². The largest absolute Gasteiger partial charge is 0.508 e. The monoisotopic (exact) mass is 1290 g/mol. The van der Waals surface area contributed by atoms with Crippen LogP contribution in [0.4, 0.5) is 17.1 Å². The second-order valence-corrected chi connectivity index (χ2v) is 20.8. The summed E-state index contributed by atoms with van der Waals surface area (Å²) in [6.45, 7) is 0. The van der Waals surface area contributed by atoms with E-state index in [1.807, 2.05) is 85.1 Å². The van der Waals surface area contributed by atoms with Crippen molar-refractivity contribution in [2.24, 2.45) is 0 Å². The predicted molar refractivity (Wildman–Crippen MR) is 344 cm³/mol. The van der Waals surface area contributed by atoms with Crippen molar-refractivity contribution < 1.29 is 42.7 Å². The molecule has 17 rings (SSSR count). The van der Waals surface area contributed by atoms with E-state index in [4.69, 9.17) is 17.9 Å². The van der Waals surface area contributed by atoms with Crippen molar-refractivity contribution in [3.63, 3.8) is 0 Å². The number of hydrogen-bond acceptors (Lipinski definition) is 3. The second kappa shape index (κ2) is 20.8. The van der Waals surface area contributed by atoms with Gasteiger partial charge in [0.1, 0.15) is 5.82 Å². The van der Waals surface area contributed by atoms with E-state index in [0.29, 0.717) is 39.6 Å². The minimum absolute atomic E-state index is 0. The molecule has 0 bridgehead atoms. The predicted octanol–water partition coefficient (Wildman–Crippen LogP) is 19.1. The number of rotatable bonds is 9. The molecule has 0 unspecified atom stereocenters. The Morgan fingerprint density at radius 2 is 0.977 bits per heavy atom. The maximum absolute atomic E-state index is 9.20. The fourth-order valence-electron chi connectivity index (χ4n) is 12.5. The van der Waals surface area contributed by atoms with E-state index in [9.17, 15) is 4.11 Å². The van der Waals surface area contributed by atoms with Crippen molar-refractivity contribution in [3.05, 3.63) is 310 Å². The summed E-state index contributed by atoms with van der Waals surface area (Å²) in [5, 5.41) is 4.02. The number of para-hydroxylation sites is 8. The normalized spacial score (nSPS) is 13.3. The molecule has 0 fully saturated rings. The van der Waals surface area contributed by atoms with Gasteiger partial charge in [0.2, 0.25) is 0 Å². The van der Waals surface area contributed by atoms with E-state index in [-0.39, 0.29) is 67.1 Å². The molecule has 7 nitrogen and oxygen atoms in total. The average molecular weight is 1290 g/mol. The van der Waals surface area contributed by atoms with Crippen molar-refractivity contribution in [2.45, 2.75) is 0 Å². The number of aromatic nitrogens is 5. The first-order valence-corrected chi connectivity index (χ1v) is 27.9. The maximum Gasteiger partial charge on any atom is 0.268 e. The van der Waals surface area contributed by atoms with E-state index in [0.717, 1.165) is 83.1 Å². The molecule has 16 aromatic rings. The van der Waals surface area contributed by atoms with Gasteiger partial charge < -0.3 is 23.3 Å². The number of hydrogen-bond donors (Lipinski definition) is 0. The van der Waals surface area contributed by atoms with Crippen LogP contribution in [0.2, 0.25) is 0 Å². The zero-order chi connectivity index (χ0) is 63.8. The molecule has 0 atom stereocenters. The molecule has 0 radical (unpaired) electrons. The number of anilines is 3. The van der Waals surface area contributed by atoms with Crippen molar-refractivity contribution in [2.75, 3.05) is 4.90 Å². The van der Waals surface area contributed by atoms with Crippen LogP contribution in [0.15, 0.2) is 291 Å². The number of imidazole rings is 1. The van der Waals surface area contributed by atoms with Gasteiger partial charge in [-0.3, -0.25) is 4.57 Å². The summed E-state index contributed by atoms with van der Waals surface area (Å²) in [4.78, 5) is 7.49. The first-order chi connectivity index (χ1) is 45.9. The van der Waals surface area contributed by atoms with Gasteiger partial charge in [0, 0.05) is 83.3 Å². The van der Waals surface area contributed by atoms with Gasteiger partial charge in [-0.05, 0) is 86.5 Å². The second-order valence-electron chi connectivity index (χ2n) is 20.8. The topological polar surface area (TPSA) is 44.0 Å². The summed E-state index contributed by atoms with van der Waals surface area (Å²) in [6, 6.07) is 79.7. The number of ether oxygens (including phenoxy) is 1. The Labute approximate surface area is 523 Å². The maximum atomic E-state index is 9.20. The van der Waals surface area contributed by atoms with E-state index in [1.165, 1.54) is 6.07 Å². The van der Waals surface area contributed by atoms with Crippen LogP contribution in [-0.4, -0.2) is 18.7 Å². The van der Waals surface area contributed by atoms with Crippen LogP contribution < -0.4 is 14.2 Å². The van der Waals surface area contributed by atoms with Crippen molar-refractivity contribution in [1.29, 1.82) is 0 Å². The first kappa shape index (κ1) is 42.0. The summed E-state index contributed by atoms with van der Waals surface area (Å²) >= 11 is 0. The third-order valence-electron chi connectivity index (χ3n) is 16.1. The van der Waals surface area contributed by atoms with E-state index < -0.39 is 36.3 Å². The van der Waals surface area contributed by atoms with E-state index >= 15 is 0 Å². The Morgan fingerprint density at radius 3 is 1.66 bits per heavy atom. The number of pyridine rings is 1. The van der Waals surface area contributed by atoms with Crippen LogP contribution in [0.5, 0.6) is 11.5 Å². The minimum Gasteiger partial charge on any atom is -0.508 e. The fourth-order valence-corrected chi connectivity index (χ4v) is 12.5. The van der Waals surface area contributed by atoms with Crippen LogP contribution in [0.25, 0.3) is 122 Å². The van der Waals surface area contributed by atoms with E-state index in [2.05, 4.69) is 160 Å². The van der Waals surface area contributed by atoms with Gasteiger partial charge in [0.25, 0.3) is 6.33 Å². The molecule has 0 aliphatic carbocycles. The van der Waals surface area contributed by atoms with E-state index in [1.54, 1.807) is 27.3 Å². The summed E-state index contributed by atoms with van der Waals surface area (Å²) in [6.07, 6.45) is 5.39. The molecule has 0 saturated heterocycles. The van der Waals surface area contributed by atoms with Gasteiger partial charge in [-0.15, -0.1) is 24.3 Å². The van der Waals surface area contributed by atoms with Crippen LogP contribution in [-0.2, 0) is 21.1 Å². The molecule has 8 heteroatoms. The number of benzene rings is 12. The molecule has 0 saturated carbocycles. The van der Waals surface area contributed by atoms with Gasteiger partial charge in [-0.1, -0.05) is 229 Å². The molecule has 408 valence electrons. The Hall–Kier alpha value is -10.9. The molecule has 0 N–H and O–H groups in total. The zero-order valence-corrected chi connectivity index (χ0v) is 47.7. The van der Waals surface area contributed by atoms with Crippen molar-refractivity contribution in [1.82, 2.24) is 18.7 Å². The smallest absolute Gasteiger partial charge is 0.268 e. The van der Waals surface area contributed by atoms with Crippen molar-refractivity contribution in [3.8, 4) is 78.9 Å².